The fraction of sp³-hybridized carbons (Fsp3) is 0.357. The molecule has 3 unspecified atom stereocenters. The van der Waals surface area contributed by atoms with Crippen molar-refractivity contribution in [1.29, 1.82) is 0 Å². The molecule has 4 aromatic rings. The first kappa shape index (κ1) is 29.6. The Kier molecular flexibility index (Phi) is 9.16. The van der Waals surface area contributed by atoms with Crippen LogP contribution >= 0.6 is 0 Å². The minimum Gasteiger partial charge on any atom is -0.760 e. The van der Waals surface area contributed by atoms with Crippen LogP contribution in [0.5, 0.6) is 5.75 Å². The average Bonchev–Trinajstić information content (AvgIpc) is 2.97. The Morgan fingerprint density at radius 3 is 2.76 bits per heavy atom. The number of hydrogen-bond donors (Lipinski definition) is 2. The number of nitrogens with zero attached hydrogens (tertiary/aromatic N) is 5. The van der Waals surface area contributed by atoms with Gasteiger partial charge in [-0.05, 0) is 38.0 Å². The molecule has 0 radical (unpaired) electrons. The van der Waals surface area contributed by atoms with Gasteiger partial charge in [-0.1, -0.05) is 18.2 Å². The van der Waals surface area contributed by atoms with E-state index >= 15 is 8.78 Å². The highest BCUT2D eigenvalue weighted by Gasteiger charge is 2.26. The summed E-state index contributed by atoms with van der Waals surface area (Å²) in [6.07, 6.45) is 1.15. The van der Waals surface area contributed by atoms with E-state index in [9.17, 15) is 8.76 Å². The number of hydrogen-bond acceptors (Lipinski definition) is 10. The Bertz CT molecular complexity index is 1600. The zero-order chi connectivity index (χ0) is 29.8. The molecule has 0 saturated carbocycles. The van der Waals surface area contributed by atoms with Crippen LogP contribution in [0.4, 0.5) is 20.5 Å². The molecule has 1 fully saturated rings. The lowest BCUT2D eigenvalue weighted by molar-refractivity contribution is 0.0987. The smallest absolute Gasteiger partial charge is 0.219 e. The summed E-state index contributed by atoms with van der Waals surface area (Å²) in [6.45, 7) is 5.56. The fourth-order valence-electron chi connectivity index (χ4n) is 4.89. The number of ether oxygens (including phenoxy) is 2. The number of morpholine rings is 1. The normalized spacial score (nSPS) is 16.9. The molecule has 0 aliphatic carbocycles. The summed E-state index contributed by atoms with van der Waals surface area (Å²) in [5, 5.41) is 0.619. The van der Waals surface area contributed by atoms with E-state index in [-0.39, 0.29) is 36.1 Å². The van der Waals surface area contributed by atoms with E-state index in [4.69, 9.17) is 25.2 Å². The molecule has 2 aromatic carbocycles. The van der Waals surface area contributed by atoms with Gasteiger partial charge < -0.3 is 24.7 Å². The monoisotopic (exact) mass is 598 g/mol. The molecule has 0 spiro atoms. The Hall–Kier alpha value is -3.85. The third-order valence-corrected chi connectivity index (χ3v) is 7.35. The van der Waals surface area contributed by atoms with E-state index in [0.717, 1.165) is 0 Å². The maximum atomic E-state index is 15.8. The zero-order valence-corrected chi connectivity index (χ0v) is 23.9. The molecule has 1 aliphatic rings. The number of benzene rings is 2. The summed E-state index contributed by atoms with van der Waals surface area (Å²) in [5.41, 5.74) is 7.20. The molecule has 5 rings (SSSR count). The van der Waals surface area contributed by atoms with Crippen LogP contribution < -0.4 is 20.1 Å². The largest absolute Gasteiger partial charge is 0.760 e. The maximum Gasteiger partial charge on any atom is 0.219 e. The quantitative estimate of drug-likeness (QED) is 0.257. The van der Waals surface area contributed by atoms with Crippen molar-refractivity contribution in [1.82, 2.24) is 24.7 Å². The van der Waals surface area contributed by atoms with Crippen LogP contribution in [-0.4, -0.2) is 67.6 Å². The van der Waals surface area contributed by atoms with E-state index in [1.54, 1.807) is 36.7 Å². The van der Waals surface area contributed by atoms with Crippen LogP contribution in [0.25, 0.3) is 33.4 Å². The van der Waals surface area contributed by atoms with Crippen LogP contribution in [0, 0.1) is 5.82 Å². The van der Waals surface area contributed by atoms with Gasteiger partial charge in [-0.15, -0.1) is 0 Å². The van der Waals surface area contributed by atoms with Crippen molar-refractivity contribution in [2.75, 3.05) is 43.5 Å². The molecule has 42 heavy (non-hydrogen) atoms. The number of nitrogen functional groups attached to an aromatic ring is 1. The number of anilines is 2. The number of nitrogens with two attached hydrogens (primary N) is 1. The molecule has 3 N–H and O–H groups in total. The lowest BCUT2D eigenvalue weighted by atomic mass is 9.97. The standard InChI is InChI=1S/C28H31F2N7O4S/c1-3-41-23-12-17(19-5-4-6-20(24(19)30)22(29)7-8-34-42(38)39)11-21-25(23)35-26(18-13-32-28(31)33-14-18)36-27(21)37-9-10-40-15-16(37)2/h4-6,11-14,16,22,34H,3,7-10,15H2,1-2H3,(H,38,39)(H2,31,32,33)/p-1. The second-order valence-electron chi connectivity index (χ2n) is 9.72. The lowest BCUT2D eigenvalue weighted by Gasteiger charge is -2.35. The van der Waals surface area contributed by atoms with Gasteiger partial charge in [0.15, 0.2) is 5.82 Å². The summed E-state index contributed by atoms with van der Waals surface area (Å²) >= 11 is -2.53. The van der Waals surface area contributed by atoms with E-state index in [1.807, 2.05) is 13.8 Å². The molecule has 1 saturated heterocycles. The van der Waals surface area contributed by atoms with Crippen LogP contribution in [0.15, 0.2) is 42.7 Å². The molecular weight excluding hydrogens is 568 g/mol. The van der Waals surface area contributed by atoms with Crippen molar-refractivity contribution < 1.29 is 27.0 Å². The van der Waals surface area contributed by atoms with E-state index in [1.165, 1.54) is 6.07 Å². The highest BCUT2D eigenvalue weighted by molar-refractivity contribution is 7.77. The molecule has 3 heterocycles. The Balaban J connectivity index is 1.68. The van der Waals surface area contributed by atoms with Crippen LogP contribution in [0.3, 0.4) is 0 Å². The maximum absolute atomic E-state index is 15.8. The lowest BCUT2D eigenvalue weighted by Crippen LogP contribution is -2.44. The van der Waals surface area contributed by atoms with Crippen LogP contribution in [-0.2, 0) is 16.0 Å². The van der Waals surface area contributed by atoms with Crippen LogP contribution in [0.1, 0.15) is 32.0 Å². The second-order valence-corrected chi connectivity index (χ2v) is 10.5. The highest BCUT2D eigenvalue weighted by atomic mass is 32.2. The third-order valence-electron chi connectivity index (χ3n) is 6.91. The molecule has 1 aliphatic heterocycles. The molecule has 2 aromatic heterocycles. The SMILES string of the molecule is CCOc1cc(-c2cccc(C(F)CCNS(=O)[O-])c2F)cc2c(N3CCOCC3C)nc(-c3cnc(N)nc3)nc12. The molecular formula is C28H30F2N7O4S-. The van der Waals surface area contributed by atoms with Gasteiger partial charge in [-0.25, -0.2) is 33.4 Å². The molecule has 222 valence electrons. The minimum atomic E-state index is -2.53. The first-order valence-corrected chi connectivity index (χ1v) is 14.5. The van der Waals surface area contributed by atoms with Gasteiger partial charge in [0.25, 0.3) is 0 Å². The van der Waals surface area contributed by atoms with Gasteiger partial charge in [0.05, 0.1) is 31.4 Å². The van der Waals surface area contributed by atoms with Crippen molar-refractivity contribution >= 4 is 33.9 Å². The summed E-state index contributed by atoms with van der Waals surface area (Å²) in [7, 11) is 0. The Labute approximate surface area is 243 Å². The number of fused-ring (bicyclic) bond motifs is 1. The number of halogens is 2. The molecule has 14 heteroatoms. The molecule has 3 atom stereocenters. The van der Waals surface area contributed by atoms with Crippen LogP contribution in [0.2, 0.25) is 0 Å². The van der Waals surface area contributed by atoms with Gasteiger partial charge in [0.2, 0.25) is 5.95 Å². The summed E-state index contributed by atoms with van der Waals surface area (Å²) < 4.78 is 66.1. The first-order valence-electron chi connectivity index (χ1n) is 13.4. The predicted molar refractivity (Wildman–Crippen MR) is 155 cm³/mol. The zero-order valence-electron chi connectivity index (χ0n) is 23.0. The third kappa shape index (κ3) is 6.31. The minimum absolute atomic E-state index is 0.0176. The van der Waals surface area contributed by atoms with Crippen molar-refractivity contribution in [3.05, 3.63) is 54.1 Å². The van der Waals surface area contributed by atoms with E-state index in [0.29, 0.717) is 65.8 Å². The second kappa shape index (κ2) is 13.0. The van der Waals surface area contributed by atoms with Crippen molar-refractivity contribution in [3.8, 4) is 28.3 Å². The van der Waals surface area contributed by atoms with Gasteiger partial charge in [0, 0.05) is 53.3 Å². The number of nitrogens with one attached hydrogen (secondary N) is 1. The number of rotatable bonds is 10. The first-order chi connectivity index (χ1) is 20.3. The highest BCUT2D eigenvalue weighted by Crippen LogP contribution is 2.40. The molecule has 11 nitrogen and oxygen atoms in total. The summed E-state index contributed by atoms with van der Waals surface area (Å²) in [4.78, 5) is 20.0. The van der Waals surface area contributed by atoms with Gasteiger partial charge in [-0.2, -0.15) is 0 Å². The van der Waals surface area contributed by atoms with E-state index < -0.39 is 23.3 Å². The van der Waals surface area contributed by atoms with E-state index in [2.05, 4.69) is 19.6 Å². The van der Waals surface area contributed by atoms with Gasteiger partial charge in [-0.3, -0.25) is 4.21 Å². The Morgan fingerprint density at radius 2 is 2.05 bits per heavy atom. The average molecular weight is 599 g/mol. The predicted octanol–water partition coefficient (Wildman–Crippen LogP) is 3.88. The summed E-state index contributed by atoms with van der Waals surface area (Å²) in [5.74, 6) is 0.745. The van der Waals surface area contributed by atoms with Crippen molar-refractivity contribution in [2.24, 2.45) is 0 Å². The molecule has 0 bridgehead atoms. The fourth-order valence-corrected chi connectivity index (χ4v) is 5.17. The topological polar surface area (TPSA) is 151 Å². The Morgan fingerprint density at radius 1 is 1.26 bits per heavy atom. The van der Waals surface area contributed by atoms with Gasteiger partial charge in [0.1, 0.15) is 29.1 Å². The summed E-state index contributed by atoms with van der Waals surface area (Å²) in [6, 6.07) is 7.91. The number of aromatic nitrogens is 4. The van der Waals surface area contributed by atoms with Crippen molar-refractivity contribution in [2.45, 2.75) is 32.5 Å². The van der Waals surface area contributed by atoms with Gasteiger partial charge >= 0.3 is 0 Å². The van der Waals surface area contributed by atoms with Crippen molar-refractivity contribution in [3.63, 3.8) is 0 Å². The number of alkyl halides is 1. The molecule has 0 amide bonds.